The fraction of sp³-hybridized carbons (Fsp3) is 0.0667. The Morgan fingerprint density at radius 3 is 2.28 bits per heavy atom. The first-order valence-electron chi connectivity index (χ1n) is 5.95. The highest BCUT2D eigenvalue weighted by Gasteiger charge is 2.18. The van der Waals surface area contributed by atoms with E-state index in [1.165, 1.54) is 0 Å². The van der Waals surface area contributed by atoms with Gasteiger partial charge in [-0.25, -0.2) is 0 Å². The molecule has 2 nitrogen and oxygen atoms in total. The summed E-state index contributed by atoms with van der Waals surface area (Å²) in [6.45, 7) is 1.90. The van der Waals surface area contributed by atoms with Crippen molar-refractivity contribution in [1.82, 2.24) is 0 Å². The third-order valence-corrected chi connectivity index (χ3v) is 3.43. The van der Waals surface area contributed by atoms with Gasteiger partial charge in [0.15, 0.2) is 0 Å². The molecule has 0 unspecified atom stereocenters. The second-order valence-corrected chi connectivity index (χ2v) is 4.55. The second kappa shape index (κ2) is 4.12. The highest BCUT2D eigenvalue weighted by molar-refractivity contribution is 6.63. The number of fused-ring (bicyclic) bond motifs is 3. The first-order chi connectivity index (χ1) is 8.68. The molecule has 18 heavy (non-hydrogen) atoms. The van der Waals surface area contributed by atoms with Gasteiger partial charge in [-0.05, 0) is 33.9 Å². The average molecular weight is 236 g/mol. The summed E-state index contributed by atoms with van der Waals surface area (Å²) in [4.78, 5) is 0. The average Bonchev–Trinajstić information content (AvgIpc) is 2.38. The maximum Gasteiger partial charge on any atom is 0.489 e. The minimum absolute atomic E-state index is 0.601. The summed E-state index contributed by atoms with van der Waals surface area (Å²) in [7, 11) is -1.44. The van der Waals surface area contributed by atoms with Gasteiger partial charge in [0.05, 0.1) is 0 Å². The Kier molecular flexibility index (Phi) is 2.58. The normalized spacial score (nSPS) is 11.1. The first-order valence-corrected chi connectivity index (χ1v) is 5.95. The van der Waals surface area contributed by atoms with Gasteiger partial charge in [-0.2, -0.15) is 0 Å². The van der Waals surface area contributed by atoms with Crippen LogP contribution in [-0.2, 0) is 0 Å². The van der Waals surface area contributed by atoms with E-state index < -0.39 is 7.12 Å². The highest BCUT2D eigenvalue weighted by atomic mass is 16.4. The molecule has 0 radical (unpaired) electrons. The lowest BCUT2D eigenvalue weighted by molar-refractivity contribution is 0.426. The first kappa shape index (κ1) is 11.3. The van der Waals surface area contributed by atoms with Crippen molar-refractivity contribution in [2.45, 2.75) is 6.92 Å². The van der Waals surface area contributed by atoms with Gasteiger partial charge in [0.2, 0.25) is 0 Å². The molecule has 0 saturated heterocycles. The van der Waals surface area contributed by atoms with E-state index in [0.717, 1.165) is 27.1 Å². The molecule has 0 aliphatic rings. The highest BCUT2D eigenvalue weighted by Crippen LogP contribution is 2.24. The maximum absolute atomic E-state index is 9.62. The van der Waals surface area contributed by atoms with Crippen LogP contribution in [0.15, 0.2) is 48.5 Å². The van der Waals surface area contributed by atoms with Crippen molar-refractivity contribution >= 4 is 34.1 Å². The Balaban J connectivity index is 2.58. The predicted octanol–water partition coefficient (Wildman–Crippen LogP) is 1.98. The maximum atomic E-state index is 9.62. The molecular formula is C15H13BO2. The van der Waals surface area contributed by atoms with Gasteiger partial charge in [-0.1, -0.05) is 54.1 Å². The zero-order valence-corrected chi connectivity index (χ0v) is 10.1. The smallest absolute Gasteiger partial charge is 0.423 e. The summed E-state index contributed by atoms with van der Waals surface area (Å²) in [6, 6.07) is 16.0. The van der Waals surface area contributed by atoms with Gasteiger partial charge in [0, 0.05) is 0 Å². The number of hydrogen-bond acceptors (Lipinski definition) is 2. The van der Waals surface area contributed by atoms with Crippen LogP contribution in [0.2, 0.25) is 0 Å². The van der Waals surface area contributed by atoms with Crippen molar-refractivity contribution in [3.8, 4) is 0 Å². The van der Waals surface area contributed by atoms with E-state index in [1.54, 1.807) is 0 Å². The fourth-order valence-corrected chi connectivity index (χ4v) is 2.56. The topological polar surface area (TPSA) is 40.5 Å². The van der Waals surface area contributed by atoms with Gasteiger partial charge in [-0.15, -0.1) is 0 Å². The molecule has 3 heteroatoms. The van der Waals surface area contributed by atoms with E-state index >= 15 is 0 Å². The Morgan fingerprint density at radius 2 is 1.50 bits per heavy atom. The largest absolute Gasteiger partial charge is 0.489 e. The Morgan fingerprint density at radius 1 is 0.833 bits per heavy atom. The van der Waals surface area contributed by atoms with Crippen molar-refractivity contribution in [1.29, 1.82) is 0 Å². The zero-order valence-electron chi connectivity index (χ0n) is 10.1. The van der Waals surface area contributed by atoms with Gasteiger partial charge < -0.3 is 10.0 Å². The number of hydrogen-bond donors (Lipinski definition) is 2. The van der Waals surface area contributed by atoms with Gasteiger partial charge >= 0.3 is 7.12 Å². The summed E-state index contributed by atoms with van der Waals surface area (Å²) in [5.74, 6) is 0. The zero-order chi connectivity index (χ0) is 12.7. The van der Waals surface area contributed by atoms with E-state index in [2.05, 4.69) is 6.07 Å². The fourth-order valence-electron chi connectivity index (χ4n) is 2.56. The van der Waals surface area contributed by atoms with Crippen LogP contribution in [0.5, 0.6) is 0 Å². The molecule has 2 N–H and O–H groups in total. The molecule has 0 heterocycles. The van der Waals surface area contributed by atoms with Crippen molar-refractivity contribution in [2.75, 3.05) is 0 Å². The molecular weight excluding hydrogens is 223 g/mol. The molecule has 0 aliphatic carbocycles. The van der Waals surface area contributed by atoms with Crippen molar-refractivity contribution in [3.05, 3.63) is 54.1 Å². The van der Waals surface area contributed by atoms with E-state index in [-0.39, 0.29) is 0 Å². The third-order valence-electron chi connectivity index (χ3n) is 3.43. The number of aryl methyl sites for hydroxylation is 1. The molecule has 0 aliphatic heterocycles. The minimum atomic E-state index is -1.44. The summed E-state index contributed by atoms with van der Waals surface area (Å²) in [6.07, 6.45) is 0. The van der Waals surface area contributed by atoms with Crippen LogP contribution >= 0.6 is 0 Å². The molecule has 0 aromatic heterocycles. The number of benzene rings is 3. The lowest BCUT2D eigenvalue weighted by atomic mass is 9.73. The van der Waals surface area contributed by atoms with E-state index in [1.807, 2.05) is 49.4 Å². The van der Waals surface area contributed by atoms with Crippen molar-refractivity contribution in [3.63, 3.8) is 0 Å². The van der Waals surface area contributed by atoms with E-state index in [0.29, 0.717) is 5.46 Å². The van der Waals surface area contributed by atoms with Gasteiger partial charge in [0.1, 0.15) is 0 Å². The van der Waals surface area contributed by atoms with Gasteiger partial charge in [-0.3, -0.25) is 0 Å². The molecule has 0 spiro atoms. The Labute approximate surface area is 106 Å². The number of rotatable bonds is 1. The lowest BCUT2D eigenvalue weighted by Crippen LogP contribution is -2.32. The summed E-state index contributed by atoms with van der Waals surface area (Å²) < 4.78 is 0. The summed E-state index contributed by atoms with van der Waals surface area (Å²) in [5.41, 5.74) is 1.50. The molecule has 3 aromatic carbocycles. The standard InChI is InChI=1S/C15H13BO2/c1-10-6-7-12-9-8-11-4-2-3-5-13(11)14(12)15(10)16(17)18/h2-9,17-18H,1H3. The molecule has 0 fully saturated rings. The van der Waals surface area contributed by atoms with Crippen LogP contribution in [0.4, 0.5) is 0 Å². The molecule has 88 valence electrons. The molecule has 0 atom stereocenters. The molecule has 0 amide bonds. The van der Waals surface area contributed by atoms with Crippen LogP contribution in [-0.4, -0.2) is 17.2 Å². The molecule has 3 aromatic rings. The lowest BCUT2D eigenvalue weighted by Gasteiger charge is -2.12. The molecule has 3 rings (SSSR count). The van der Waals surface area contributed by atoms with E-state index in [9.17, 15) is 10.0 Å². The Bertz CT molecular complexity index is 735. The van der Waals surface area contributed by atoms with Crippen molar-refractivity contribution < 1.29 is 10.0 Å². The third kappa shape index (κ3) is 1.60. The van der Waals surface area contributed by atoms with Crippen LogP contribution in [0.1, 0.15) is 5.56 Å². The SMILES string of the molecule is Cc1ccc2ccc3ccccc3c2c1B(O)O. The molecule has 0 bridgehead atoms. The quantitative estimate of drug-likeness (QED) is 0.501. The predicted molar refractivity (Wildman–Crippen MR) is 76.0 cm³/mol. The second-order valence-electron chi connectivity index (χ2n) is 4.55. The van der Waals surface area contributed by atoms with Crippen LogP contribution < -0.4 is 5.46 Å². The van der Waals surface area contributed by atoms with Crippen molar-refractivity contribution in [2.24, 2.45) is 0 Å². The van der Waals surface area contributed by atoms with Crippen LogP contribution in [0, 0.1) is 6.92 Å². The van der Waals surface area contributed by atoms with Crippen LogP contribution in [0.3, 0.4) is 0 Å². The summed E-state index contributed by atoms with van der Waals surface area (Å²) >= 11 is 0. The van der Waals surface area contributed by atoms with E-state index in [4.69, 9.17) is 0 Å². The monoisotopic (exact) mass is 236 g/mol. The van der Waals surface area contributed by atoms with Gasteiger partial charge in [0.25, 0.3) is 0 Å². The van der Waals surface area contributed by atoms with Crippen LogP contribution in [0.25, 0.3) is 21.5 Å². The minimum Gasteiger partial charge on any atom is -0.423 e. The molecule has 0 saturated carbocycles. The summed E-state index contributed by atoms with van der Waals surface area (Å²) in [5, 5.41) is 23.4. The Hall–Kier alpha value is -1.84.